The number of nitrogens with one attached hydrogen (secondary N) is 1. The number of benzene rings is 3. The summed E-state index contributed by atoms with van der Waals surface area (Å²) in [6.07, 6.45) is 0.754. The maximum Gasteiger partial charge on any atom is 0.338 e. The number of aromatic nitrogens is 1. The summed E-state index contributed by atoms with van der Waals surface area (Å²) in [6, 6.07) is 21.0. The fourth-order valence-electron chi connectivity index (χ4n) is 3.33. The second-order valence-corrected chi connectivity index (χ2v) is 8.18. The molecule has 0 aliphatic carbocycles. The Bertz CT molecular complexity index is 1340. The maximum atomic E-state index is 13.2. The van der Waals surface area contributed by atoms with E-state index in [-0.39, 0.29) is 11.9 Å². The Morgan fingerprint density at radius 2 is 1.70 bits per heavy atom. The van der Waals surface area contributed by atoms with E-state index in [0.717, 1.165) is 17.4 Å². The van der Waals surface area contributed by atoms with Crippen LogP contribution in [0.25, 0.3) is 22.2 Å². The average Bonchev–Trinajstić information content (AvgIpc) is 2.84. The molecule has 4 rings (SSSR count). The second kappa shape index (κ2) is 10.0. The second-order valence-electron chi connectivity index (χ2n) is 7.37. The first-order valence-electron chi connectivity index (χ1n) is 10.4. The highest BCUT2D eigenvalue weighted by atomic mass is 35.5. The normalized spacial score (nSPS) is 10.8. The molecule has 0 atom stereocenters. The number of fused-ring (bicyclic) bond motifs is 1. The smallest absolute Gasteiger partial charge is 0.338 e. The number of rotatable bonds is 6. The first kappa shape index (κ1) is 22.8. The quantitative estimate of drug-likeness (QED) is 0.302. The molecule has 33 heavy (non-hydrogen) atoms. The number of hydrogen-bond acceptors (Lipinski definition) is 4. The van der Waals surface area contributed by atoms with E-state index in [1.54, 1.807) is 42.5 Å². The van der Waals surface area contributed by atoms with Gasteiger partial charge < -0.3 is 10.1 Å². The summed E-state index contributed by atoms with van der Waals surface area (Å²) in [5.74, 6) is -0.683. The number of carbonyl (C=O) groups excluding carboxylic acids is 2. The van der Waals surface area contributed by atoms with Crippen LogP contribution in [0.3, 0.4) is 0 Å². The molecule has 1 N–H and O–H groups in total. The fourth-order valence-corrected chi connectivity index (χ4v) is 3.63. The van der Waals surface area contributed by atoms with Crippen LogP contribution in [0.2, 0.25) is 10.0 Å². The van der Waals surface area contributed by atoms with Crippen molar-refractivity contribution in [2.24, 2.45) is 0 Å². The molecule has 0 aliphatic rings. The van der Waals surface area contributed by atoms with E-state index in [0.29, 0.717) is 44.7 Å². The van der Waals surface area contributed by atoms with E-state index in [4.69, 9.17) is 27.9 Å². The summed E-state index contributed by atoms with van der Waals surface area (Å²) in [5, 5.41) is 4.47. The summed E-state index contributed by atoms with van der Waals surface area (Å²) in [5.41, 5.74) is 3.49. The van der Waals surface area contributed by atoms with Gasteiger partial charge in [0.15, 0.2) is 0 Å². The SMILES string of the molecule is CCCOC(=O)c1ccc(NC(=O)c2cc(-c3ccc(Cl)c(Cl)c3)nc3ccccc23)cc1. The van der Waals surface area contributed by atoms with Gasteiger partial charge in [-0.2, -0.15) is 0 Å². The van der Waals surface area contributed by atoms with Crippen LogP contribution in [-0.2, 0) is 4.74 Å². The van der Waals surface area contributed by atoms with Gasteiger partial charge in [-0.15, -0.1) is 0 Å². The third kappa shape index (κ3) is 5.16. The lowest BCUT2D eigenvalue weighted by atomic mass is 10.0. The van der Waals surface area contributed by atoms with Crippen LogP contribution < -0.4 is 5.32 Å². The molecular weight excluding hydrogens is 459 g/mol. The van der Waals surface area contributed by atoms with Crippen molar-refractivity contribution < 1.29 is 14.3 Å². The largest absolute Gasteiger partial charge is 0.462 e. The molecule has 1 aromatic heterocycles. The Morgan fingerprint density at radius 3 is 2.42 bits per heavy atom. The Labute approximate surface area is 201 Å². The van der Waals surface area contributed by atoms with Crippen LogP contribution in [0.5, 0.6) is 0 Å². The fraction of sp³-hybridized carbons (Fsp3) is 0.115. The standard InChI is InChI=1S/C26H20Cl2N2O3/c1-2-13-33-26(32)16-7-10-18(11-8-16)29-25(31)20-15-24(17-9-12-21(27)22(28)14-17)30-23-6-4-3-5-19(20)23/h3-12,14-15H,2,13H2,1H3,(H,29,31). The Morgan fingerprint density at radius 1 is 0.939 bits per heavy atom. The van der Waals surface area contributed by atoms with Crippen LogP contribution in [0, 0.1) is 0 Å². The number of para-hydroxylation sites is 1. The Balaban J connectivity index is 1.65. The van der Waals surface area contributed by atoms with Crippen LogP contribution >= 0.6 is 23.2 Å². The molecule has 166 valence electrons. The number of pyridine rings is 1. The minimum atomic E-state index is -0.388. The Hall–Kier alpha value is -3.41. The Kier molecular flexibility index (Phi) is 6.92. The van der Waals surface area contributed by atoms with Gasteiger partial charge in [0.05, 0.1) is 39.0 Å². The number of amides is 1. The molecule has 0 radical (unpaired) electrons. The van der Waals surface area contributed by atoms with Crippen LogP contribution in [0.1, 0.15) is 34.1 Å². The van der Waals surface area contributed by atoms with Crippen molar-refractivity contribution in [3.05, 3.63) is 94.0 Å². The molecule has 4 aromatic rings. The van der Waals surface area contributed by atoms with Gasteiger partial charge in [-0.3, -0.25) is 4.79 Å². The number of carbonyl (C=O) groups is 2. The number of halogens is 2. The van der Waals surface area contributed by atoms with Crippen LogP contribution in [0.4, 0.5) is 5.69 Å². The van der Waals surface area contributed by atoms with Crippen molar-refractivity contribution in [1.29, 1.82) is 0 Å². The minimum Gasteiger partial charge on any atom is -0.462 e. The van der Waals surface area contributed by atoms with Gasteiger partial charge in [0, 0.05) is 16.6 Å². The monoisotopic (exact) mass is 478 g/mol. The molecule has 0 saturated heterocycles. The first-order valence-corrected chi connectivity index (χ1v) is 11.2. The predicted octanol–water partition coefficient (Wildman–Crippen LogP) is 7.03. The third-order valence-electron chi connectivity index (χ3n) is 4.99. The van der Waals surface area contributed by atoms with E-state index in [1.807, 2.05) is 37.3 Å². The molecule has 0 spiro atoms. The van der Waals surface area contributed by atoms with E-state index < -0.39 is 0 Å². The molecule has 0 unspecified atom stereocenters. The van der Waals surface area contributed by atoms with Gasteiger partial charge in [0.2, 0.25) is 0 Å². The van der Waals surface area contributed by atoms with Crippen molar-refractivity contribution in [3.8, 4) is 11.3 Å². The first-order chi connectivity index (χ1) is 16.0. The number of esters is 1. The summed E-state index contributed by atoms with van der Waals surface area (Å²) in [7, 11) is 0. The number of nitrogens with zero attached hydrogens (tertiary/aromatic N) is 1. The lowest BCUT2D eigenvalue weighted by Crippen LogP contribution is -2.13. The third-order valence-corrected chi connectivity index (χ3v) is 5.73. The lowest BCUT2D eigenvalue weighted by molar-refractivity contribution is 0.0505. The van der Waals surface area contributed by atoms with E-state index in [2.05, 4.69) is 10.3 Å². The van der Waals surface area contributed by atoms with Crippen molar-refractivity contribution >= 4 is 51.7 Å². The van der Waals surface area contributed by atoms with E-state index in [9.17, 15) is 9.59 Å². The number of anilines is 1. The zero-order chi connectivity index (χ0) is 23.4. The van der Waals surface area contributed by atoms with Crippen molar-refractivity contribution in [1.82, 2.24) is 4.98 Å². The molecule has 5 nitrogen and oxygen atoms in total. The summed E-state index contributed by atoms with van der Waals surface area (Å²) < 4.78 is 5.14. The van der Waals surface area contributed by atoms with Gasteiger partial charge in [-0.25, -0.2) is 9.78 Å². The topological polar surface area (TPSA) is 68.3 Å². The van der Waals surface area contributed by atoms with Gasteiger partial charge in [-0.1, -0.05) is 54.4 Å². The molecular formula is C26H20Cl2N2O3. The van der Waals surface area contributed by atoms with Crippen LogP contribution in [0.15, 0.2) is 72.8 Å². The molecule has 1 heterocycles. The predicted molar refractivity (Wildman–Crippen MR) is 132 cm³/mol. The summed E-state index contributed by atoms with van der Waals surface area (Å²) in [4.78, 5) is 29.9. The lowest BCUT2D eigenvalue weighted by Gasteiger charge is -2.11. The molecule has 7 heteroatoms. The van der Waals surface area contributed by atoms with Gasteiger partial charge in [0.25, 0.3) is 5.91 Å². The number of ether oxygens (including phenoxy) is 1. The zero-order valence-corrected chi connectivity index (χ0v) is 19.3. The van der Waals surface area contributed by atoms with Crippen LogP contribution in [-0.4, -0.2) is 23.5 Å². The van der Waals surface area contributed by atoms with Crippen molar-refractivity contribution in [2.75, 3.05) is 11.9 Å². The molecule has 1 amide bonds. The summed E-state index contributed by atoms with van der Waals surface area (Å²) in [6.45, 7) is 2.30. The highest BCUT2D eigenvalue weighted by Crippen LogP contribution is 2.30. The summed E-state index contributed by atoms with van der Waals surface area (Å²) >= 11 is 12.2. The zero-order valence-electron chi connectivity index (χ0n) is 17.8. The number of hydrogen-bond donors (Lipinski definition) is 1. The molecule has 3 aromatic carbocycles. The maximum absolute atomic E-state index is 13.2. The average molecular weight is 479 g/mol. The highest BCUT2D eigenvalue weighted by molar-refractivity contribution is 6.42. The van der Waals surface area contributed by atoms with E-state index >= 15 is 0 Å². The van der Waals surface area contributed by atoms with Gasteiger partial charge >= 0.3 is 5.97 Å². The van der Waals surface area contributed by atoms with Gasteiger partial charge in [-0.05, 0) is 55.0 Å². The van der Waals surface area contributed by atoms with E-state index in [1.165, 1.54) is 0 Å². The van der Waals surface area contributed by atoms with Crippen molar-refractivity contribution in [2.45, 2.75) is 13.3 Å². The molecule has 0 aliphatic heterocycles. The van der Waals surface area contributed by atoms with Crippen molar-refractivity contribution in [3.63, 3.8) is 0 Å². The van der Waals surface area contributed by atoms with Gasteiger partial charge in [0.1, 0.15) is 0 Å². The molecule has 0 fully saturated rings. The highest BCUT2D eigenvalue weighted by Gasteiger charge is 2.15. The minimum absolute atomic E-state index is 0.295. The molecule has 0 bridgehead atoms. The molecule has 0 saturated carbocycles.